The van der Waals surface area contributed by atoms with Crippen LogP contribution in [0.3, 0.4) is 0 Å². The number of aryl methyl sites for hydroxylation is 1. The van der Waals surface area contributed by atoms with E-state index in [4.69, 9.17) is 4.98 Å². The first-order valence-electron chi connectivity index (χ1n) is 9.68. The van der Waals surface area contributed by atoms with Gasteiger partial charge in [-0.15, -0.1) is 0 Å². The molecule has 0 atom stereocenters. The molecule has 2 heterocycles. The molecule has 0 fully saturated rings. The number of hydrogen-bond acceptors (Lipinski definition) is 3. The standard InChI is InChI=1S/C22H22FN3O2/c23-17-9-6-15(7-10-17)14-24-21(27)16-8-11-18-19(13-16)25-20-5-3-1-2-4-12-26(20)22(18)28/h6-11,13H,1-5,12,14H2,(H,24,27). The number of fused-ring (bicyclic) bond motifs is 2. The molecule has 144 valence electrons. The number of nitrogens with zero attached hydrogens (tertiary/aromatic N) is 2. The van der Waals surface area contributed by atoms with Crippen LogP contribution in [-0.2, 0) is 19.5 Å². The highest BCUT2D eigenvalue weighted by molar-refractivity contribution is 5.97. The van der Waals surface area contributed by atoms with Crippen molar-refractivity contribution in [1.82, 2.24) is 14.9 Å². The smallest absolute Gasteiger partial charge is 0.261 e. The first-order chi connectivity index (χ1) is 13.6. The maximum atomic E-state index is 13.0. The van der Waals surface area contributed by atoms with Crippen molar-refractivity contribution < 1.29 is 9.18 Å². The highest BCUT2D eigenvalue weighted by Crippen LogP contribution is 2.16. The summed E-state index contributed by atoms with van der Waals surface area (Å²) in [5.74, 6) is 0.248. The average molecular weight is 379 g/mol. The number of nitrogens with one attached hydrogen (secondary N) is 1. The molecule has 1 aliphatic rings. The molecule has 0 bridgehead atoms. The summed E-state index contributed by atoms with van der Waals surface area (Å²) in [6.45, 7) is 1.01. The van der Waals surface area contributed by atoms with Gasteiger partial charge in [0.25, 0.3) is 11.5 Å². The van der Waals surface area contributed by atoms with Crippen LogP contribution >= 0.6 is 0 Å². The summed E-state index contributed by atoms with van der Waals surface area (Å²) in [4.78, 5) is 30.0. The molecule has 3 aromatic rings. The fourth-order valence-electron chi connectivity index (χ4n) is 3.62. The monoisotopic (exact) mass is 379 g/mol. The van der Waals surface area contributed by atoms with Crippen molar-refractivity contribution in [2.24, 2.45) is 0 Å². The number of aromatic nitrogens is 2. The van der Waals surface area contributed by atoms with Crippen molar-refractivity contribution in [3.8, 4) is 0 Å². The molecule has 1 amide bonds. The lowest BCUT2D eigenvalue weighted by Gasteiger charge is -2.16. The van der Waals surface area contributed by atoms with E-state index in [1.807, 2.05) is 0 Å². The Morgan fingerprint density at radius 3 is 2.68 bits per heavy atom. The number of halogens is 1. The lowest BCUT2D eigenvalue weighted by atomic mass is 10.1. The van der Waals surface area contributed by atoms with Crippen molar-refractivity contribution in [2.75, 3.05) is 0 Å². The van der Waals surface area contributed by atoms with E-state index in [2.05, 4.69) is 5.32 Å². The minimum atomic E-state index is -0.309. The zero-order valence-corrected chi connectivity index (χ0v) is 15.6. The Hall–Kier alpha value is -3.02. The minimum absolute atomic E-state index is 0.0276. The topological polar surface area (TPSA) is 64.0 Å². The molecule has 1 aliphatic heterocycles. The maximum absolute atomic E-state index is 13.0. The number of benzene rings is 2. The van der Waals surface area contributed by atoms with Crippen LogP contribution in [0.15, 0.2) is 47.3 Å². The van der Waals surface area contributed by atoms with Crippen molar-refractivity contribution in [2.45, 2.75) is 45.2 Å². The van der Waals surface area contributed by atoms with E-state index in [1.54, 1.807) is 34.9 Å². The van der Waals surface area contributed by atoms with Gasteiger partial charge >= 0.3 is 0 Å². The number of hydrogen-bond donors (Lipinski definition) is 1. The van der Waals surface area contributed by atoms with Crippen LogP contribution in [0.4, 0.5) is 4.39 Å². The fourth-order valence-corrected chi connectivity index (χ4v) is 3.62. The normalized spacial score (nSPS) is 14.2. The van der Waals surface area contributed by atoms with E-state index in [0.717, 1.165) is 43.5 Å². The van der Waals surface area contributed by atoms with Gasteiger partial charge in [-0.3, -0.25) is 14.2 Å². The second-order valence-electron chi connectivity index (χ2n) is 7.19. The number of carbonyl (C=O) groups is 1. The van der Waals surface area contributed by atoms with E-state index < -0.39 is 0 Å². The van der Waals surface area contributed by atoms with Gasteiger partial charge in [-0.2, -0.15) is 0 Å². The van der Waals surface area contributed by atoms with Crippen LogP contribution in [-0.4, -0.2) is 15.5 Å². The minimum Gasteiger partial charge on any atom is -0.348 e. The summed E-state index contributed by atoms with van der Waals surface area (Å²) in [6, 6.07) is 11.0. The summed E-state index contributed by atoms with van der Waals surface area (Å²) in [5, 5.41) is 3.36. The first-order valence-corrected chi connectivity index (χ1v) is 9.68. The Morgan fingerprint density at radius 1 is 1.07 bits per heavy atom. The van der Waals surface area contributed by atoms with E-state index in [9.17, 15) is 14.0 Å². The van der Waals surface area contributed by atoms with Gasteiger partial charge in [0, 0.05) is 25.1 Å². The Labute approximate surface area is 162 Å². The van der Waals surface area contributed by atoms with Crippen molar-refractivity contribution in [3.63, 3.8) is 0 Å². The van der Waals surface area contributed by atoms with Crippen LogP contribution in [0, 0.1) is 5.82 Å². The summed E-state index contributed by atoms with van der Waals surface area (Å²) < 4.78 is 14.8. The first kappa shape index (κ1) is 18.3. The predicted molar refractivity (Wildman–Crippen MR) is 106 cm³/mol. The SMILES string of the molecule is O=C(NCc1ccc(F)cc1)c1ccc2c(=O)n3c(nc2c1)CCCCCC3. The summed E-state index contributed by atoms with van der Waals surface area (Å²) in [7, 11) is 0. The molecule has 4 rings (SSSR count). The Morgan fingerprint density at radius 2 is 1.86 bits per heavy atom. The predicted octanol–water partition coefficient (Wildman–Crippen LogP) is 3.58. The van der Waals surface area contributed by atoms with Gasteiger partial charge in [-0.05, 0) is 48.7 Å². The molecule has 0 unspecified atom stereocenters. The third-order valence-corrected chi connectivity index (χ3v) is 5.19. The van der Waals surface area contributed by atoms with Gasteiger partial charge in [0.05, 0.1) is 10.9 Å². The highest BCUT2D eigenvalue weighted by Gasteiger charge is 2.15. The fraction of sp³-hybridized carbons (Fsp3) is 0.318. The Balaban J connectivity index is 1.59. The second-order valence-corrected chi connectivity index (χ2v) is 7.19. The molecule has 1 aromatic heterocycles. The van der Waals surface area contributed by atoms with Crippen LogP contribution in [0.2, 0.25) is 0 Å². The van der Waals surface area contributed by atoms with Crippen molar-refractivity contribution in [1.29, 1.82) is 0 Å². The van der Waals surface area contributed by atoms with Crippen molar-refractivity contribution >= 4 is 16.8 Å². The van der Waals surface area contributed by atoms with E-state index >= 15 is 0 Å². The van der Waals surface area contributed by atoms with Crippen LogP contribution in [0.5, 0.6) is 0 Å². The summed E-state index contributed by atoms with van der Waals surface area (Å²) in [6.07, 6.45) is 5.09. The molecule has 0 saturated heterocycles. The van der Waals surface area contributed by atoms with Crippen molar-refractivity contribution in [3.05, 3.63) is 75.6 Å². The Bertz CT molecular complexity index is 1070. The largest absolute Gasteiger partial charge is 0.348 e. The van der Waals surface area contributed by atoms with E-state index in [1.165, 1.54) is 12.1 Å². The molecular weight excluding hydrogens is 357 g/mol. The third kappa shape index (κ3) is 3.81. The molecule has 5 nitrogen and oxygen atoms in total. The van der Waals surface area contributed by atoms with E-state index in [-0.39, 0.29) is 17.3 Å². The number of rotatable bonds is 3. The lowest BCUT2D eigenvalue weighted by Crippen LogP contribution is -2.27. The maximum Gasteiger partial charge on any atom is 0.261 e. The molecule has 0 spiro atoms. The molecular formula is C22H22FN3O2. The number of amides is 1. The third-order valence-electron chi connectivity index (χ3n) is 5.19. The molecule has 1 N–H and O–H groups in total. The van der Waals surface area contributed by atoms with Crippen LogP contribution in [0.25, 0.3) is 10.9 Å². The molecule has 0 radical (unpaired) electrons. The zero-order chi connectivity index (χ0) is 19.5. The number of carbonyl (C=O) groups excluding carboxylic acids is 1. The molecule has 0 saturated carbocycles. The second kappa shape index (κ2) is 7.92. The molecule has 28 heavy (non-hydrogen) atoms. The summed E-state index contributed by atoms with van der Waals surface area (Å²) in [5.41, 5.74) is 1.80. The van der Waals surface area contributed by atoms with E-state index in [0.29, 0.717) is 29.6 Å². The Kier molecular flexibility index (Phi) is 5.19. The quantitative estimate of drug-likeness (QED) is 0.757. The molecule has 0 aliphatic carbocycles. The summed E-state index contributed by atoms with van der Waals surface area (Å²) >= 11 is 0. The highest BCUT2D eigenvalue weighted by atomic mass is 19.1. The lowest BCUT2D eigenvalue weighted by molar-refractivity contribution is 0.0951. The van der Waals surface area contributed by atoms with Gasteiger partial charge in [-0.25, -0.2) is 9.37 Å². The van der Waals surface area contributed by atoms with Crippen LogP contribution in [0.1, 0.15) is 47.4 Å². The van der Waals surface area contributed by atoms with Gasteiger partial charge in [0.15, 0.2) is 0 Å². The van der Waals surface area contributed by atoms with Gasteiger partial charge in [0.2, 0.25) is 0 Å². The molecule has 6 heteroatoms. The van der Waals surface area contributed by atoms with Gasteiger partial charge in [0.1, 0.15) is 11.6 Å². The average Bonchev–Trinajstić information content (AvgIpc) is 2.68. The van der Waals surface area contributed by atoms with Gasteiger partial charge < -0.3 is 5.32 Å². The zero-order valence-electron chi connectivity index (χ0n) is 15.6. The van der Waals surface area contributed by atoms with Crippen LogP contribution < -0.4 is 10.9 Å². The molecule has 2 aromatic carbocycles. The van der Waals surface area contributed by atoms with Gasteiger partial charge in [-0.1, -0.05) is 25.0 Å².